The SMILES string of the molecule is CC(C)(C)C(=O)N1CCCC(C(=O)N2CCC3(CCNC3)CC2)C1.Cl. The van der Waals surface area contributed by atoms with E-state index < -0.39 is 0 Å². The lowest BCUT2D eigenvalue weighted by atomic mass is 9.77. The van der Waals surface area contributed by atoms with Crippen LogP contribution in [0, 0.1) is 16.7 Å². The second-order valence-electron chi connectivity index (χ2n) is 9.09. The lowest BCUT2D eigenvalue weighted by Gasteiger charge is -2.42. The number of rotatable bonds is 1. The van der Waals surface area contributed by atoms with Crippen molar-refractivity contribution in [1.82, 2.24) is 15.1 Å². The average molecular weight is 372 g/mol. The van der Waals surface area contributed by atoms with E-state index in [0.717, 1.165) is 58.4 Å². The maximum absolute atomic E-state index is 12.9. The molecule has 3 aliphatic rings. The van der Waals surface area contributed by atoms with Crippen molar-refractivity contribution < 1.29 is 9.59 Å². The first-order chi connectivity index (χ1) is 11.3. The molecule has 1 atom stereocenters. The Bertz CT molecular complexity index is 487. The zero-order valence-electron chi connectivity index (χ0n) is 16.0. The third-order valence-electron chi connectivity index (χ3n) is 6.17. The molecule has 5 nitrogen and oxygen atoms in total. The van der Waals surface area contributed by atoms with Crippen LogP contribution in [0.1, 0.15) is 52.9 Å². The summed E-state index contributed by atoms with van der Waals surface area (Å²) in [6.45, 7) is 11.3. The van der Waals surface area contributed by atoms with Gasteiger partial charge in [-0.2, -0.15) is 0 Å². The summed E-state index contributed by atoms with van der Waals surface area (Å²) in [4.78, 5) is 29.5. The van der Waals surface area contributed by atoms with Gasteiger partial charge in [-0.3, -0.25) is 9.59 Å². The van der Waals surface area contributed by atoms with Gasteiger partial charge < -0.3 is 15.1 Å². The van der Waals surface area contributed by atoms with Crippen LogP contribution in [0.25, 0.3) is 0 Å². The highest BCUT2D eigenvalue weighted by Gasteiger charge is 2.40. The van der Waals surface area contributed by atoms with Gasteiger partial charge in [0.05, 0.1) is 5.92 Å². The molecule has 0 aromatic rings. The van der Waals surface area contributed by atoms with E-state index in [1.807, 2.05) is 25.7 Å². The van der Waals surface area contributed by atoms with E-state index in [0.29, 0.717) is 12.0 Å². The highest BCUT2D eigenvalue weighted by Crippen LogP contribution is 2.37. The summed E-state index contributed by atoms with van der Waals surface area (Å²) >= 11 is 0. The minimum atomic E-state index is -0.363. The molecule has 0 aliphatic carbocycles. The fourth-order valence-electron chi connectivity index (χ4n) is 4.52. The topological polar surface area (TPSA) is 52.7 Å². The number of carbonyl (C=O) groups is 2. The summed E-state index contributed by atoms with van der Waals surface area (Å²) < 4.78 is 0. The molecule has 3 heterocycles. The lowest BCUT2D eigenvalue weighted by molar-refractivity contribution is -0.146. The number of hydrogen-bond donors (Lipinski definition) is 1. The molecular formula is C19H34ClN3O2. The minimum Gasteiger partial charge on any atom is -0.342 e. The molecule has 6 heteroatoms. The van der Waals surface area contributed by atoms with Crippen LogP contribution in [0.15, 0.2) is 0 Å². The van der Waals surface area contributed by atoms with Crippen LogP contribution >= 0.6 is 12.4 Å². The van der Waals surface area contributed by atoms with Crippen LogP contribution < -0.4 is 5.32 Å². The number of nitrogens with one attached hydrogen (secondary N) is 1. The number of carbonyl (C=O) groups excluding carboxylic acids is 2. The van der Waals surface area contributed by atoms with E-state index in [1.54, 1.807) is 0 Å². The van der Waals surface area contributed by atoms with E-state index >= 15 is 0 Å². The fourth-order valence-corrected chi connectivity index (χ4v) is 4.52. The molecule has 3 aliphatic heterocycles. The third-order valence-corrected chi connectivity index (χ3v) is 6.17. The number of likely N-dealkylation sites (tertiary alicyclic amines) is 2. The van der Waals surface area contributed by atoms with Crippen molar-refractivity contribution in [3.8, 4) is 0 Å². The Morgan fingerprint density at radius 2 is 1.72 bits per heavy atom. The van der Waals surface area contributed by atoms with Gasteiger partial charge in [-0.1, -0.05) is 20.8 Å². The second-order valence-corrected chi connectivity index (χ2v) is 9.09. The molecule has 0 aromatic carbocycles. The van der Waals surface area contributed by atoms with Crippen molar-refractivity contribution in [2.75, 3.05) is 39.3 Å². The van der Waals surface area contributed by atoms with E-state index in [1.165, 1.54) is 6.42 Å². The third kappa shape index (κ3) is 4.48. The zero-order valence-corrected chi connectivity index (χ0v) is 16.8. The Morgan fingerprint density at radius 3 is 2.28 bits per heavy atom. The van der Waals surface area contributed by atoms with Crippen LogP contribution in [-0.4, -0.2) is 60.9 Å². The smallest absolute Gasteiger partial charge is 0.227 e. The number of amides is 2. The molecule has 3 rings (SSSR count). The Morgan fingerprint density at radius 1 is 1.04 bits per heavy atom. The van der Waals surface area contributed by atoms with Crippen molar-refractivity contribution in [3.63, 3.8) is 0 Å². The van der Waals surface area contributed by atoms with Gasteiger partial charge in [0, 0.05) is 38.1 Å². The Kier molecular flexibility index (Phi) is 6.42. The van der Waals surface area contributed by atoms with Gasteiger partial charge in [0.25, 0.3) is 0 Å². The van der Waals surface area contributed by atoms with Gasteiger partial charge in [0.1, 0.15) is 0 Å². The Hall–Kier alpha value is -0.810. The Balaban J connectivity index is 0.00000225. The van der Waals surface area contributed by atoms with Crippen molar-refractivity contribution in [2.45, 2.75) is 52.9 Å². The first-order valence-electron chi connectivity index (χ1n) is 9.60. The standard InChI is InChI=1S/C19H33N3O2.ClH/c1-18(2,3)17(24)22-10-4-5-15(13-22)16(23)21-11-7-19(8-12-21)6-9-20-14-19;/h15,20H,4-14H2,1-3H3;1H. The molecule has 2 amide bonds. The summed E-state index contributed by atoms with van der Waals surface area (Å²) in [7, 11) is 0. The lowest BCUT2D eigenvalue weighted by Crippen LogP contribution is -2.51. The Labute approximate surface area is 158 Å². The van der Waals surface area contributed by atoms with Crippen LogP contribution in [0.4, 0.5) is 0 Å². The molecule has 0 aromatic heterocycles. The quantitative estimate of drug-likeness (QED) is 0.769. The van der Waals surface area contributed by atoms with E-state index in [2.05, 4.69) is 10.2 Å². The largest absolute Gasteiger partial charge is 0.342 e. The number of hydrogen-bond acceptors (Lipinski definition) is 3. The molecule has 1 unspecified atom stereocenters. The number of piperidine rings is 2. The predicted molar refractivity (Wildman–Crippen MR) is 102 cm³/mol. The highest BCUT2D eigenvalue weighted by molar-refractivity contribution is 5.85. The van der Waals surface area contributed by atoms with Crippen molar-refractivity contribution in [2.24, 2.45) is 16.7 Å². The molecule has 1 spiro atoms. The molecular weight excluding hydrogens is 338 g/mol. The molecule has 1 N–H and O–H groups in total. The van der Waals surface area contributed by atoms with Crippen LogP contribution in [0.3, 0.4) is 0 Å². The summed E-state index contributed by atoms with van der Waals surface area (Å²) in [5.74, 6) is 0.456. The number of nitrogens with zero attached hydrogens (tertiary/aromatic N) is 2. The van der Waals surface area contributed by atoms with Gasteiger partial charge in [-0.15, -0.1) is 12.4 Å². The molecule has 3 fully saturated rings. The minimum absolute atomic E-state index is 0. The first kappa shape index (κ1) is 20.5. The second kappa shape index (κ2) is 7.83. The van der Waals surface area contributed by atoms with Crippen molar-refractivity contribution in [1.29, 1.82) is 0 Å². The molecule has 25 heavy (non-hydrogen) atoms. The maximum atomic E-state index is 12.9. The van der Waals surface area contributed by atoms with Crippen LogP contribution in [0.2, 0.25) is 0 Å². The van der Waals surface area contributed by atoms with Gasteiger partial charge in [-0.05, 0) is 44.1 Å². The van der Waals surface area contributed by atoms with E-state index in [-0.39, 0.29) is 35.6 Å². The van der Waals surface area contributed by atoms with Crippen molar-refractivity contribution in [3.05, 3.63) is 0 Å². The first-order valence-corrected chi connectivity index (χ1v) is 9.60. The van der Waals surface area contributed by atoms with E-state index in [4.69, 9.17) is 0 Å². The highest BCUT2D eigenvalue weighted by atomic mass is 35.5. The molecule has 3 saturated heterocycles. The van der Waals surface area contributed by atoms with Gasteiger partial charge >= 0.3 is 0 Å². The zero-order chi connectivity index (χ0) is 17.4. The van der Waals surface area contributed by atoms with Gasteiger partial charge in [0.15, 0.2) is 0 Å². The fraction of sp³-hybridized carbons (Fsp3) is 0.895. The van der Waals surface area contributed by atoms with E-state index in [9.17, 15) is 9.59 Å². The predicted octanol–water partition coefficient (Wildman–Crippen LogP) is 2.30. The van der Waals surface area contributed by atoms with Gasteiger partial charge in [-0.25, -0.2) is 0 Å². The monoisotopic (exact) mass is 371 g/mol. The summed E-state index contributed by atoms with van der Waals surface area (Å²) in [6, 6.07) is 0. The summed E-state index contributed by atoms with van der Waals surface area (Å²) in [6.07, 6.45) is 5.38. The van der Waals surface area contributed by atoms with Gasteiger partial charge in [0.2, 0.25) is 11.8 Å². The van der Waals surface area contributed by atoms with Crippen molar-refractivity contribution >= 4 is 24.2 Å². The molecule has 0 saturated carbocycles. The molecule has 0 bridgehead atoms. The summed E-state index contributed by atoms with van der Waals surface area (Å²) in [5.41, 5.74) is 0.0789. The number of halogens is 1. The summed E-state index contributed by atoms with van der Waals surface area (Å²) in [5, 5.41) is 3.47. The molecule has 0 radical (unpaired) electrons. The average Bonchev–Trinajstić information content (AvgIpc) is 3.01. The molecule has 144 valence electrons. The normalized spacial score (nSPS) is 26.4. The maximum Gasteiger partial charge on any atom is 0.227 e. The van der Waals surface area contributed by atoms with Crippen LogP contribution in [0.5, 0.6) is 0 Å². The van der Waals surface area contributed by atoms with Crippen LogP contribution in [-0.2, 0) is 9.59 Å².